The Labute approximate surface area is 226 Å². The normalized spacial score (nSPS) is 12.1. The highest BCUT2D eigenvalue weighted by atomic mass is 32.2. The number of nitrogens with zero attached hydrogens (tertiary/aromatic N) is 2. The van der Waals surface area contributed by atoms with Crippen molar-refractivity contribution in [1.29, 1.82) is 0 Å². The van der Waals surface area contributed by atoms with Crippen molar-refractivity contribution in [3.05, 3.63) is 115 Å². The lowest BCUT2D eigenvalue weighted by atomic mass is 10.0. The molecular formula is C30H25N3O5S. The van der Waals surface area contributed by atoms with Crippen LogP contribution in [0.25, 0.3) is 22.5 Å². The molecule has 4 aromatic carbocycles. The Morgan fingerprint density at radius 2 is 1.59 bits per heavy atom. The molecule has 0 aliphatic heterocycles. The molecule has 0 radical (unpaired) electrons. The van der Waals surface area contributed by atoms with Gasteiger partial charge in [-0.1, -0.05) is 78.0 Å². The third kappa shape index (κ3) is 6.05. The molecule has 0 bridgehead atoms. The van der Waals surface area contributed by atoms with Gasteiger partial charge in [0.2, 0.25) is 17.8 Å². The molecular weight excluding hydrogens is 514 g/mol. The van der Waals surface area contributed by atoms with Gasteiger partial charge in [-0.05, 0) is 35.9 Å². The molecule has 8 nitrogen and oxygen atoms in total. The van der Waals surface area contributed by atoms with Crippen LogP contribution in [0.4, 0.5) is 5.69 Å². The Bertz CT molecular complexity index is 1720. The van der Waals surface area contributed by atoms with Crippen LogP contribution in [-0.4, -0.2) is 30.7 Å². The molecule has 196 valence electrons. The summed E-state index contributed by atoms with van der Waals surface area (Å²) < 4.78 is 35.7. The number of carbonyl (C=O) groups excluding carboxylic acids is 1. The SMILES string of the molecule is Cc1nc(-c2cccc(OC(C(=O)Nc3ccc(-c4ccccc4S(C)(=O)=O)cc3)c3ccccc3)c2)no1. The number of sulfone groups is 1. The fourth-order valence-electron chi connectivity index (χ4n) is 4.13. The lowest BCUT2D eigenvalue weighted by molar-refractivity contribution is -0.123. The standard InChI is InChI=1S/C30H25N3O5S/c1-20-31-29(33-38-20)23-11-8-12-25(19-23)37-28(22-9-4-3-5-10-22)30(34)32-24-17-15-21(16-18-24)26-13-6-7-14-27(26)39(2,35)36/h3-19,28H,1-2H3,(H,32,34). The summed E-state index contributed by atoms with van der Waals surface area (Å²) in [6, 6.07) is 30.1. The van der Waals surface area contributed by atoms with Crippen LogP contribution in [-0.2, 0) is 14.6 Å². The smallest absolute Gasteiger partial charge is 0.270 e. The molecule has 0 saturated carbocycles. The maximum Gasteiger partial charge on any atom is 0.270 e. The first-order chi connectivity index (χ1) is 18.8. The van der Waals surface area contributed by atoms with Crippen molar-refractivity contribution < 1.29 is 22.5 Å². The highest BCUT2D eigenvalue weighted by molar-refractivity contribution is 7.90. The largest absolute Gasteiger partial charge is 0.476 e. The topological polar surface area (TPSA) is 111 Å². The van der Waals surface area contributed by atoms with Gasteiger partial charge in [-0.25, -0.2) is 8.42 Å². The molecule has 1 aromatic heterocycles. The van der Waals surface area contributed by atoms with E-state index in [1.807, 2.05) is 36.4 Å². The lowest BCUT2D eigenvalue weighted by Gasteiger charge is -2.20. The average molecular weight is 540 g/mol. The van der Waals surface area contributed by atoms with Crippen molar-refractivity contribution in [2.45, 2.75) is 17.9 Å². The highest BCUT2D eigenvalue weighted by Crippen LogP contribution is 2.30. The second-order valence-corrected chi connectivity index (χ2v) is 10.9. The van der Waals surface area contributed by atoms with E-state index in [1.54, 1.807) is 73.7 Å². The van der Waals surface area contributed by atoms with Gasteiger partial charge in [-0.15, -0.1) is 0 Å². The molecule has 1 atom stereocenters. The van der Waals surface area contributed by atoms with Gasteiger partial charge in [0.1, 0.15) is 5.75 Å². The molecule has 0 saturated heterocycles. The van der Waals surface area contributed by atoms with Gasteiger partial charge >= 0.3 is 0 Å². The number of hydrogen-bond acceptors (Lipinski definition) is 7. The maximum absolute atomic E-state index is 13.5. The van der Waals surface area contributed by atoms with Gasteiger partial charge in [-0.3, -0.25) is 4.79 Å². The van der Waals surface area contributed by atoms with E-state index >= 15 is 0 Å². The van der Waals surface area contributed by atoms with Crippen molar-refractivity contribution in [2.24, 2.45) is 0 Å². The summed E-state index contributed by atoms with van der Waals surface area (Å²) in [7, 11) is -3.40. The summed E-state index contributed by atoms with van der Waals surface area (Å²) in [6.07, 6.45) is 0.238. The summed E-state index contributed by atoms with van der Waals surface area (Å²) >= 11 is 0. The highest BCUT2D eigenvalue weighted by Gasteiger charge is 2.23. The van der Waals surface area contributed by atoms with E-state index in [-0.39, 0.29) is 10.8 Å². The number of ether oxygens (including phenoxy) is 1. The van der Waals surface area contributed by atoms with Gasteiger partial charge in [0.15, 0.2) is 9.84 Å². The van der Waals surface area contributed by atoms with Crippen LogP contribution >= 0.6 is 0 Å². The molecule has 9 heteroatoms. The Morgan fingerprint density at radius 3 is 2.28 bits per heavy atom. The number of carbonyl (C=O) groups is 1. The van der Waals surface area contributed by atoms with Crippen molar-refractivity contribution in [1.82, 2.24) is 10.1 Å². The summed E-state index contributed by atoms with van der Waals surface area (Å²) in [5.74, 6) is 0.970. The van der Waals surface area contributed by atoms with E-state index in [1.165, 1.54) is 6.26 Å². The molecule has 0 aliphatic carbocycles. The van der Waals surface area contributed by atoms with Crippen LogP contribution in [0.1, 0.15) is 17.6 Å². The average Bonchev–Trinajstić information content (AvgIpc) is 3.38. The van der Waals surface area contributed by atoms with E-state index in [0.717, 1.165) is 5.56 Å². The van der Waals surface area contributed by atoms with Crippen LogP contribution < -0.4 is 10.1 Å². The number of nitrogens with one attached hydrogen (secondary N) is 1. The maximum atomic E-state index is 13.5. The van der Waals surface area contributed by atoms with Crippen LogP contribution in [0.5, 0.6) is 5.75 Å². The zero-order chi connectivity index (χ0) is 27.4. The van der Waals surface area contributed by atoms with E-state index < -0.39 is 15.9 Å². The van der Waals surface area contributed by atoms with E-state index in [0.29, 0.717) is 39.8 Å². The fraction of sp³-hybridized carbons (Fsp3) is 0.100. The minimum atomic E-state index is -3.40. The molecule has 1 amide bonds. The van der Waals surface area contributed by atoms with Gasteiger partial charge in [-0.2, -0.15) is 4.98 Å². The van der Waals surface area contributed by atoms with Gasteiger partial charge in [0.05, 0.1) is 4.90 Å². The number of aromatic nitrogens is 2. The Balaban J connectivity index is 1.39. The first-order valence-corrected chi connectivity index (χ1v) is 14.0. The predicted molar refractivity (Wildman–Crippen MR) is 148 cm³/mol. The zero-order valence-electron chi connectivity index (χ0n) is 21.2. The van der Waals surface area contributed by atoms with E-state index in [4.69, 9.17) is 9.26 Å². The molecule has 0 spiro atoms. The molecule has 0 aliphatic rings. The Hall–Kier alpha value is -4.76. The van der Waals surface area contributed by atoms with Gasteiger partial charge < -0.3 is 14.6 Å². The molecule has 0 fully saturated rings. The van der Waals surface area contributed by atoms with Gasteiger partial charge in [0.25, 0.3) is 5.91 Å². The third-order valence-corrected chi connectivity index (χ3v) is 7.12. The number of amides is 1. The van der Waals surface area contributed by atoms with Crippen LogP contribution in [0, 0.1) is 6.92 Å². The zero-order valence-corrected chi connectivity index (χ0v) is 22.1. The third-order valence-electron chi connectivity index (χ3n) is 5.96. The van der Waals surface area contributed by atoms with Crippen LogP contribution in [0.2, 0.25) is 0 Å². The molecule has 1 unspecified atom stereocenters. The molecule has 5 rings (SSSR count). The van der Waals surface area contributed by atoms with E-state index in [9.17, 15) is 13.2 Å². The summed E-state index contributed by atoms with van der Waals surface area (Å²) in [4.78, 5) is 18.0. The van der Waals surface area contributed by atoms with Crippen molar-refractivity contribution in [3.8, 4) is 28.3 Å². The summed E-state index contributed by atoms with van der Waals surface area (Å²) in [5, 5.41) is 6.86. The number of aryl methyl sites for hydroxylation is 1. The van der Waals surface area contributed by atoms with Crippen molar-refractivity contribution >= 4 is 21.4 Å². The van der Waals surface area contributed by atoms with Crippen LogP contribution in [0.3, 0.4) is 0 Å². The minimum Gasteiger partial charge on any atom is -0.476 e. The monoisotopic (exact) mass is 539 g/mol. The Kier molecular flexibility index (Phi) is 7.25. The van der Waals surface area contributed by atoms with Crippen LogP contribution in [0.15, 0.2) is 113 Å². The molecule has 5 aromatic rings. The predicted octanol–water partition coefficient (Wildman–Crippen LogP) is 5.87. The van der Waals surface area contributed by atoms with Crippen molar-refractivity contribution in [2.75, 3.05) is 11.6 Å². The minimum absolute atomic E-state index is 0.248. The number of hydrogen-bond donors (Lipinski definition) is 1. The molecule has 39 heavy (non-hydrogen) atoms. The lowest BCUT2D eigenvalue weighted by Crippen LogP contribution is -2.25. The fourth-order valence-corrected chi connectivity index (χ4v) is 5.04. The molecule has 1 N–H and O–H groups in total. The second-order valence-electron chi connectivity index (χ2n) is 8.91. The second kappa shape index (κ2) is 10.9. The van der Waals surface area contributed by atoms with Crippen molar-refractivity contribution in [3.63, 3.8) is 0 Å². The summed E-state index contributed by atoms with van der Waals surface area (Å²) in [5.41, 5.74) is 3.23. The number of benzene rings is 4. The van der Waals surface area contributed by atoms with E-state index in [2.05, 4.69) is 15.5 Å². The Morgan fingerprint density at radius 1 is 0.872 bits per heavy atom. The summed E-state index contributed by atoms with van der Waals surface area (Å²) in [6.45, 7) is 1.71. The first-order valence-electron chi connectivity index (χ1n) is 12.1. The quantitative estimate of drug-likeness (QED) is 0.262. The number of rotatable bonds is 8. The number of anilines is 1. The first kappa shape index (κ1) is 25.9. The molecule has 1 heterocycles. The van der Waals surface area contributed by atoms with Gasteiger partial charge in [0, 0.05) is 35.6 Å².